The number of aryl methyl sites for hydroxylation is 1. The lowest BCUT2D eigenvalue weighted by atomic mass is 10.2. The Kier molecular flexibility index (Phi) is 6.86. The van der Waals surface area contributed by atoms with Crippen LogP contribution in [0.1, 0.15) is 16.1 Å². The lowest BCUT2D eigenvalue weighted by Crippen LogP contribution is -2.32. The zero-order chi connectivity index (χ0) is 20.6. The normalized spacial score (nSPS) is 10.4. The van der Waals surface area contributed by atoms with Crippen molar-refractivity contribution in [3.8, 4) is 11.4 Å². The molecule has 0 fully saturated rings. The van der Waals surface area contributed by atoms with Gasteiger partial charge in [0.05, 0.1) is 17.8 Å². The van der Waals surface area contributed by atoms with E-state index in [0.29, 0.717) is 16.3 Å². The van der Waals surface area contributed by atoms with E-state index in [1.165, 1.54) is 0 Å². The van der Waals surface area contributed by atoms with Gasteiger partial charge in [-0.05, 0) is 61.5 Å². The maximum Gasteiger partial charge on any atom is 0.338 e. The summed E-state index contributed by atoms with van der Waals surface area (Å²) in [6.07, 6.45) is 1.70. The second-order valence-electron chi connectivity index (χ2n) is 6.16. The maximum absolute atomic E-state index is 12.1. The molecule has 1 amide bonds. The predicted octanol–water partition coefficient (Wildman–Crippen LogP) is 3.19. The SMILES string of the molecule is Cc1ccnn1-c1ccc(C(=O)OCC(=O)NCCOc2ccc(Cl)cc2)cc1. The van der Waals surface area contributed by atoms with Gasteiger partial charge < -0.3 is 14.8 Å². The second-order valence-corrected chi connectivity index (χ2v) is 6.60. The molecule has 7 nitrogen and oxygen atoms in total. The van der Waals surface area contributed by atoms with Gasteiger partial charge in [0.25, 0.3) is 5.91 Å². The van der Waals surface area contributed by atoms with E-state index in [1.807, 2.05) is 13.0 Å². The predicted molar refractivity (Wildman–Crippen MR) is 109 cm³/mol. The Morgan fingerprint density at radius 3 is 2.45 bits per heavy atom. The number of halogens is 1. The van der Waals surface area contributed by atoms with E-state index in [4.69, 9.17) is 21.1 Å². The van der Waals surface area contributed by atoms with Gasteiger partial charge in [-0.2, -0.15) is 5.10 Å². The second kappa shape index (κ2) is 9.75. The molecule has 0 saturated heterocycles. The van der Waals surface area contributed by atoms with E-state index in [-0.39, 0.29) is 19.8 Å². The van der Waals surface area contributed by atoms with Crippen LogP contribution in [0.15, 0.2) is 60.8 Å². The summed E-state index contributed by atoms with van der Waals surface area (Å²) < 4.78 is 12.3. The Morgan fingerprint density at radius 2 is 1.79 bits per heavy atom. The molecule has 1 aromatic heterocycles. The Balaban J connectivity index is 1.39. The molecule has 0 radical (unpaired) electrons. The van der Waals surface area contributed by atoms with E-state index in [9.17, 15) is 9.59 Å². The molecule has 0 saturated carbocycles. The largest absolute Gasteiger partial charge is 0.492 e. The van der Waals surface area contributed by atoms with E-state index < -0.39 is 11.9 Å². The number of esters is 1. The van der Waals surface area contributed by atoms with Crippen LogP contribution in [0, 0.1) is 6.92 Å². The fourth-order valence-electron chi connectivity index (χ4n) is 2.53. The monoisotopic (exact) mass is 413 g/mol. The minimum absolute atomic E-state index is 0.287. The van der Waals surface area contributed by atoms with Crippen LogP contribution in [-0.4, -0.2) is 41.4 Å². The lowest BCUT2D eigenvalue weighted by molar-refractivity contribution is -0.124. The van der Waals surface area contributed by atoms with E-state index in [0.717, 1.165) is 11.4 Å². The quantitative estimate of drug-likeness (QED) is 0.453. The number of rotatable bonds is 8. The number of nitrogens with zero attached hydrogens (tertiary/aromatic N) is 2. The number of benzene rings is 2. The fraction of sp³-hybridized carbons (Fsp3) is 0.190. The van der Waals surface area contributed by atoms with Gasteiger partial charge in [-0.25, -0.2) is 9.48 Å². The highest BCUT2D eigenvalue weighted by Crippen LogP contribution is 2.15. The van der Waals surface area contributed by atoms with Gasteiger partial charge in [0, 0.05) is 16.9 Å². The Hall–Kier alpha value is -3.32. The molecule has 3 aromatic rings. The van der Waals surface area contributed by atoms with Crippen molar-refractivity contribution in [3.05, 3.63) is 77.1 Å². The highest BCUT2D eigenvalue weighted by molar-refractivity contribution is 6.30. The first-order valence-electron chi connectivity index (χ1n) is 8.96. The average Bonchev–Trinajstić information content (AvgIpc) is 3.16. The number of nitrogens with one attached hydrogen (secondary N) is 1. The van der Waals surface area contributed by atoms with Crippen LogP contribution in [0.5, 0.6) is 5.75 Å². The maximum atomic E-state index is 12.1. The number of hydrogen-bond donors (Lipinski definition) is 1. The third kappa shape index (κ3) is 5.83. The first-order valence-corrected chi connectivity index (χ1v) is 9.34. The molecular weight excluding hydrogens is 394 g/mol. The fourth-order valence-corrected chi connectivity index (χ4v) is 2.66. The zero-order valence-corrected chi connectivity index (χ0v) is 16.6. The zero-order valence-electron chi connectivity index (χ0n) is 15.8. The molecule has 0 aliphatic heterocycles. The van der Waals surface area contributed by atoms with Crippen molar-refractivity contribution in [1.82, 2.24) is 15.1 Å². The molecule has 8 heteroatoms. The van der Waals surface area contributed by atoms with Crippen molar-refractivity contribution in [2.75, 3.05) is 19.8 Å². The molecule has 0 unspecified atom stereocenters. The first kappa shape index (κ1) is 20.4. The van der Waals surface area contributed by atoms with Gasteiger partial charge >= 0.3 is 5.97 Å². The van der Waals surface area contributed by atoms with E-state index >= 15 is 0 Å². The lowest BCUT2D eigenvalue weighted by Gasteiger charge is -2.09. The summed E-state index contributed by atoms with van der Waals surface area (Å²) in [5.41, 5.74) is 2.18. The average molecular weight is 414 g/mol. The summed E-state index contributed by atoms with van der Waals surface area (Å²) in [5.74, 6) is -0.313. The summed E-state index contributed by atoms with van der Waals surface area (Å²) in [7, 11) is 0. The van der Waals surface area contributed by atoms with Crippen LogP contribution in [0.2, 0.25) is 5.02 Å². The topological polar surface area (TPSA) is 82.5 Å². The first-order chi connectivity index (χ1) is 14.0. The number of aromatic nitrogens is 2. The molecule has 0 bridgehead atoms. The van der Waals surface area contributed by atoms with Crippen LogP contribution in [0.25, 0.3) is 5.69 Å². The molecule has 1 heterocycles. The van der Waals surface area contributed by atoms with Gasteiger partial charge in [0.2, 0.25) is 0 Å². The number of carbonyl (C=O) groups excluding carboxylic acids is 2. The number of amides is 1. The number of carbonyl (C=O) groups is 2. The summed E-state index contributed by atoms with van der Waals surface area (Å²) >= 11 is 5.80. The molecule has 150 valence electrons. The van der Waals surface area contributed by atoms with Crippen LogP contribution >= 0.6 is 11.6 Å². The summed E-state index contributed by atoms with van der Waals surface area (Å²) in [5, 5.41) is 7.46. The van der Waals surface area contributed by atoms with Crippen molar-refractivity contribution in [3.63, 3.8) is 0 Å². The van der Waals surface area contributed by atoms with Crippen molar-refractivity contribution in [1.29, 1.82) is 0 Å². The smallest absolute Gasteiger partial charge is 0.338 e. The number of ether oxygens (including phenoxy) is 2. The third-order valence-electron chi connectivity index (χ3n) is 4.02. The van der Waals surface area contributed by atoms with Crippen LogP contribution < -0.4 is 10.1 Å². The molecule has 0 aliphatic rings. The molecular formula is C21H20ClN3O4. The Bertz CT molecular complexity index is 968. The molecule has 3 rings (SSSR count). The van der Waals surface area contributed by atoms with E-state index in [1.54, 1.807) is 59.4 Å². The summed E-state index contributed by atoms with van der Waals surface area (Å²) in [6, 6.07) is 15.6. The van der Waals surface area contributed by atoms with Crippen LogP contribution in [0.3, 0.4) is 0 Å². The Morgan fingerprint density at radius 1 is 1.07 bits per heavy atom. The summed E-state index contributed by atoms with van der Waals surface area (Å²) in [4.78, 5) is 23.9. The number of hydrogen-bond acceptors (Lipinski definition) is 5. The van der Waals surface area contributed by atoms with Gasteiger partial charge in [-0.1, -0.05) is 11.6 Å². The molecule has 29 heavy (non-hydrogen) atoms. The van der Waals surface area contributed by atoms with Crippen molar-refractivity contribution < 1.29 is 19.1 Å². The highest BCUT2D eigenvalue weighted by atomic mass is 35.5. The molecule has 2 aromatic carbocycles. The van der Waals surface area contributed by atoms with Crippen molar-refractivity contribution in [2.45, 2.75) is 6.92 Å². The highest BCUT2D eigenvalue weighted by Gasteiger charge is 2.11. The van der Waals surface area contributed by atoms with E-state index in [2.05, 4.69) is 10.4 Å². The summed E-state index contributed by atoms with van der Waals surface area (Å²) in [6.45, 7) is 2.15. The van der Waals surface area contributed by atoms with Crippen molar-refractivity contribution in [2.24, 2.45) is 0 Å². The van der Waals surface area contributed by atoms with Crippen molar-refractivity contribution >= 4 is 23.5 Å². The minimum Gasteiger partial charge on any atom is -0.492 e. The standard InChI is InChI=1S/C21H20ClN3O4/c1-15-10-11-24-25(15)18-6-2-16(3-7-18)21(27)29-14-20(26)23-12-13-28-19-8-4-17(22)5-9-19/h2-11H,12-14H2,1H3,(H,23,26). The van der Waals surface area contributed by atoms with Gasteiger partial charge in [-0.3, -0.25) is 4.79 Å². The molecule has 1 N–H and O–H groups in total. The Labute approximate surface area is 173 Å². The van der Waals surface area contributed by atoms with Gasteiger partial charge in [0.15, 0.2) is 6.61 Å². The molecule has 0 aliphatic carbocycles. The van der Waals surface area contributed by atoms with Crippen LogP contribution in [-0.2, 0) is 9.53 Å². The van der Waals surface area contributed by atoms with Gasteiger partial charge in [-0.15, -0.1) is 0 Å². The molecule has 0 spiro atoms. The minimum atomic E-state index is -0.568. The van der Waals surface area contributed by atoms with Crippen LogP contribution in [0.4, 0.5) is 0 Å². The molecule has 0 atom stereocenters. The van der Waals surface area contributed by atoms with Gasteiger partial charge in [0.1, 0.15) is 12.4 Å². The third-order valence-corrected chi connectivity index (χ3v) is 4.27.